The van der Waals surface area contributed by atoms with E-state index in [1.807, 2.05) is 17.5 Å². The fourth-order valence-electron chi connectivity index (χ4n) is 1.75. The molecule has 0 atom stereocenters. The van der Waals surface area contributed by atoms with E-state index in [4.69, 9.17) is 21.4 Å². The fourth-order valence-corrected chi connectivity index (χ4v) is 2.67. The summed E-state index contributed by atoms with van der Waals surface area (Å²) < 4.78 is 5.00. The quantitative estimate of drug-likeness (QED) is 0.884. The number of thiophene rings is 1. The molecule has 1 aromatic carbocycles. The number of nitrogens with one attached hydrogen (secondary N) is 1. The maximum Gasteiger partial charge on any atom is 0.339 e. The standard InChI is InChI=1S/C14H12ClNO4S/c1-20-12-7-11(10(15)6-9(12)14(18)19)16-13(17)5-8-3-2-4-21-8/h2-4,6-7H,5H2,1H3,(H,16,17)(H,18,19). The second-order valence-electron chi connectivity index (χ2n) is 4.14. The Morgan fingerprint density at radius 1 is 1.43 bits per heavy atom. The van der Waals surface area contributed by atoms with Gasteiger partial charge in [0, 0.05) is 10.9 Å². The molecule has 110 valence electrons. The Morgan fingerprint density at radius 2 is 2.19 bits per heavy atom. The molecular weight excluding hydrogens is 314 g/mol. The van der Waals surface area contributed by atoms with Crippen molar-refractivity contribution >= 4 is 40.5 Å². The molecule has 21 heavy (non-hydrogen) atoms. The van der Waals surface area contributed by atoms with Crippen LogP contribution in [0.4, 0.5) is 5.69 Å². The number of methoxy groups -OCH3 is 1. The van der Waals surface area contributed by atoms with Crippen molar-refractivity contribution in [2.75, 3.05) is 12.4 Å². The van der Waals surface area contributed by atoms with Crippen LogP contribution in [-0.2, 0) is 11.2 Å². The molecule has 0 spiro atoms. The number of halogens is 1. The van der Waals surface area contributed by atoms with Gasteiger partial charge in [0.25, 0.3) is 0 Å². The van der Waals surface area contributed by atoms with E-state index >= 15 is 0 Å². The molecule has 0 bridgehead atoms. The molecular formula is C14H12ClNO4S. The van der Waals surface area contributed by atoms with E-state index in [0.29, 0.717) is 5.69 Å². The summed E-state index contributed by atoms with van der Waals surface area (Å²) in [6.45, 7) is 0. The van der Waals surface area contributed by atoms with E-state index in [-0.39, 0.29) is 28.7 Å². The Hall–Kier alpha value is -2.05. The predicted molar refractivity (Wildman–Crippen MR) is 81.6 cm³/mol. The first kappa shape index (κ1) is 15.3. The molecule has 0 saturated heterocycles. The van der Waals surface area contributed by atoms with Crippen molar-refractivity contribution in [2.24, 2.45) is 0 Å². The van der Waals surface area contributed by atoms with Crippen molar-refractivity contribution in [3.8, 4) is 5.75 Å². The van der Waals surface area contributed by atoms with E-state index in [9.17, 15) is 9.59 Å². The first-order valence-electron chi connectivity index (χ1n) is 5.94. The van der Waals surface area contributed by atoms with Gasteiger partial charge in [0.2, 0.25) is 5.91 Å². The number of amides is 1. The topological polar surface area (TPSA) is 75.6 Å². The van der Waals surface area contributed by atoms with Crippen LogP contribution in [0.25, 0.3) is 0 Å². The van der Waals surface area contributed by atoms with Gasteiger partial charge in [0.1, 0.15) is 11.3 Å². The average molecular weight is 326 g/mol. The minimum absolute atomic E-state index is 0.0567. The minimum Gasteiger partial charge on any atom is -0.496 e. The van der Waals surface area contributed by atoms with Crippen molar-refractivity contribution in [2.45, 2.75) is 6.42 Å². The van der Waals surface area contributed by atoms with E-state index in [1.54, 1.807) is 0 Å². The third kappa shape index (κ3) is 3.74. The van der Waals surface area contributed by atoms with Crippen LogP contribution in [0.3, 0.4) is 0 Å². The van der Waals surface area contributed by atoms with Crippen molar-refractivity contribution < 1.29 is 19.4 Å². The summed E-state index contributed by atoms with van der Waals surface area (Å²) >= 11 is 7.48. The number of carboxylic acids is 1. The summed E-state index contributed by atoms with van der Waals surface area (Å²) in [5.41, 5.74) is 0.263. The molecule has 0 fully saturated rings. The minimum atomic E-state index is -1.15. The van der Waals surface area contributed by atoms with Gasteiger partial charge in [0.15, 0.2) is 0 Å². The molecule has 2 rings (SSSR count). The molecule has 2 N–H and O–H groups in total. The van der Waals surface area contributed by atoms with E-state index in [1.165, 1.54) is 30.6 Å². The van der Waals surface area contributed by atoms with Crippen LogP contribution in [0.5, 0.6) is 5.75 Å². The van der Waals surface area contributed by atoms with Crippen LogP contribution in [0, 0.1) is 0 Å². The van der Waals surface area contributed by atoms with Gasteiger partial charge < -0.3 is 15.2 Å². The summed E-state index contributed by atoms with van der Waals surface area (Å²) in [4.78, 5) is 23.9. The highest BCUT2D eigenvalue weighted by molar-refractivity contribution is 7.10. The zero-order valence-electron chi connectivity index (χ0n) is 11.1. The largest absolute Gasteiger partial charge is 0.496 e. The predicted octanol–water partition coefficient (Wildman–Crippen LogP) is 3.29. The molecule has 0 aliphatic rings. The SMILES string of the molecule is COc1cc(NC(=O)Cc2cccs2)c(Cl)cc1C(=O)O. The van der Waals surface area contributed by atoms with Gasteiger partial charge in [-0.3, -0.25) is 4.79 Å². The van der Waals surface area contributed by atoms with Crippen LogP contribution in [-0.4, -0.2) is 24.1 Å². The maximum atomic E-state index is 11.9. The molecule has 0 unspecified atom stereocenters. The molecule has 1 amide bonds. The van der Waals surface area contributed by atoms with Crippen molar-refractivity contribution in [1.29, 1.82) is 0 Å². The molecule has 1 aromatic heterocycles. The summed E-state index contributed by atoms with van der Waals surface area (Å²) in [5.74, 6) is -1.24. The lowest BCUT2D eigenvalue weighted by molar-refractivity contribution is -0.115. The van der Waals surface area contributed by atoms with Gasteiger partial charge in [-0.25, -0.2) is 4.79 Å². The molecule has 0 radical (unpaired) electrons. The normalized spacial score (nSPS) is 10.2. The van der Waals surface area contributed by atoms with Crippen LogP contribution in [0.15, 0.2) is 29.6 Å². The number of ether oxygens (including phenoxy) is 1. The molecule has 5 nitrogen and oxygen atoms in total. The number of anilines is 1. The van der Waals surface area contributed by atoms with E-state index in [2.05, 4.69) is 5.32 Å². The third-order valence-corrected chi connectivity index (χ3v) is 3.90. The zero-order valence-corrected chi connectivity index (χ0v) is 12.6. The van der Waals surface area contributed by atoms with Gasteiger partial charge in [-0.05, 0) is 17.5 Å². The van der Waals surface area contributed by atoms with Crippen molar-refractivity contribution in [3.05, 3.63) is 45.1 Å². The number of hydrogen-bond acceptors (Lipinski definition) is 4. The highest BCUT2D eigenvalue weighted by Gasteiger charge is 2.16. The van der Waals surface area contributed by atoms with Crippen LogP contribution in [0.1, 0.15) is 15.2 Å². The summed E-state index contributed by atoms with van der Waals surface area (Å²) in [7, 11) is 1.35. The maximum absolute atomic E-state index is 11.9. The number of carbonyl (C=O) groups excluding carboxylic acids is 1. The highest BCUT2D eigenvalue weighted by atomic mass is 35.5. The van der Waals surface area contributed by atoms with Gasteiger partial charge in [-0.15, -0.1) is 11.3 Å². The van der Waals surface area contributed by atoms with Gasteiger partial charge >= 0.3 is 5.97 Å². The Morgan fingerprint density at radius 3 is 2.76 bits per heavy atom. The third-order valence-electron chi connectivity index (χ3n) is 2.71. The monoisotopic (exact) mass is 325 g/mol. The first-order valence-corrected chi connectivity index (χ1v) is 7.20. The number of benzene rings is 1. The lowest BCUT2D eigenvalue weighted by Gasteiger charge is -2.11. The highest BCUT2D eigenvalue weighted by Crippen LogP contribution is 2.31. The Balaban J connectivity index is 2.20. The second kappa shape index (κ2) is 6.60. The second-order valence-corrected chi connectivity index (χ2v) is 5.58. The Labute approximate surface area is 130 Å². The van der Waals surface area contributed by atoms with Gasteiger partial charge in [0.05, 0.1) is 24.2 Å². The Bertz CT molecular complexity index is 670. The van der Waals surface area contributed by atoms with Gasteiger partial charge in [-0.1, -0.05) is 17.7 Å². The van der Waals surface area contributed by atoms with E-state index in [0.717, 1.165) is 4.88 Å². The number of carbonyl (C=O) groups is 2. The molecule has 0 aliphatic carbocycles. The molecule has 7 heteroatoms. The lowest BCUT2D eigenvalue weighted by atomic mass is 10.1. The van der Waals surface area contributed by atoms with Crippen LogP contribution in [0.2, 0.25) is 5.02 Å². The molecule has 0 saturated carbocycles. The number of carboxylic acid groups (broad SMARTS) is 1. The van der Waals surface area contributed by atoms with Crippen molar-refractivity contribution in [3.63, 3.8) is 0 Å². The molecule has 0 aliphatic heterocycles. The smallest absolute Gasteiger partial charge is 0.339 e. The summed E-state index contributed by atoms with van der Waals surface area (Å²) in [6, 6.07) is 6.38. The Kier molecular flexibility index (Phi) is 4.82. The summed E-state index contributed by atoms with van der Waals surface area (Å²) in [5, 5.41) is 13.7. The lowest BCUT2D eigenvalue weighted by Crippen LogP contribution is -2.14. The molecule has 1 heterocycles. The first-order chi connectivity index (χ1) is 10.0. The average Bonchev–Trinajstić information content (AvgIpc) is 2.93. The van der Waals surface area contributed by atoms with Crippen LogP contribution < -0.4 is 10.1 Å². The van der Waals surface area contributed by atoms with Crippen LogP contribution >= 0.6 is 22.9 Å². The molecule has 2 aromatic rings. The van der Waals surface area contributed by atoms with E-state index < -0.39 is 5.97 Å². The van der Waals surface area contributed by atoms with Gasteiger partial charge in [-0.2, -0.15) is 0 Å². The number of aromatic carboxylic acids is 1. The number of hydrogen-bond donors (Lipinski definition) is 2. The summed E-state index contributed by atoms with van der Waals surface area (Å²) in [6.07, 6.45) is 0.233. The zero-order chi connectivity index (χ0) is 15.4. The number of rotatable bonds is 5. The fraction of sp³-hybridized carbons (Fsp3) is 0.143. The van der Waals surface area contributed by atoms with Crippen molar-refractivity contribution in [1.82, 2.24) is 0 Å².